The molecular weight excluding hydrogens is 326 g/mol. The molecule has 0 spiro atoms. The van der Waals surface area contributed by atoms with Gasteiger partial charge in [0.05, 0.1) is 10.6 Å². The van der Waals surface area contributed by atoms with Crippen LogP contribution in [0.3, 0.4) is 0 Å². The minimum Gasteiger partial charge on any atom is -0.367 e. The summed E-state index contributed by atoms with van der Waals surface area (Å²) in [5.74, 6) is 1.09. The van der Waals surface area contributed by atoms with E-state index in [-0.39, 0.29) is 0 Å². The van der Waals surface area contributed by atoms with Gasteiger partial charge in [0.15, 0.2) is 0 Å². The fourth-order valence-electron chi connectivity index (χ4n) is 2.87. The van der Waals surface area contributed by atoms with Gasteiger partial charge in [0.2, 0.25) is 5.91 Å². The van der Waals surface area contributed by atoms with Gasteiger partial charge in [-0.25, -0.2) is 9.97 Å². The highest BCUT2D eigenvalue weighted by atomic mass is 35.5. The Morgan fingerprint density at radius 3 is 2.75 bits per heavy atom. The molecule has 2 aromatic rings. The molecule has 6 nitrogen and oxygen atoms in total. The maximum absolute atomic E-state index is 11.2. The molecule has 24 heavy (non-hydrogen) atoms. The Morgan fingerprint density at radius 1 is 1.38 bits per heavy atom. The number of halogens is 1. The first-order chi connectivity index (χ1) is 11.5. The highest BCUT2D eigenvalue weighted by molar-refractivity contribution is 6.33. The molecule has 3 rings (SSSR count). The van der Waals surface area contributed by atoms with Crippen LogP contribution < -0.4 is 16.0 Å². The summed E-state index contributed by atoms with van der Waals surface area (Å²) in [5.41, 5.74) is 6.58. The lowest BCUT2D eigenvalue weighted by Crippen LogP contribution is -2.39. The van der Waals surface area contributed by atoms with E-state index in [4.69, 9.17) is 17.3 Å². The standard InChI is InChI=1S/C17H20ClN5O/c1-11-3-2-4-15(21-11)22-13-5-7-23(8-6-13)17-14(18)9-12(10-20-17)16(19)24/h2-4,9-10,13H,5-8H2,1H3,(H2,19,24)(H,21,22). The third kappa shape index (κ3) is 3.76. The minimum atomic E-state index is -0.524. The van der Waals surface area contributed by atoms with E-state index in [9.17, 15) is 4.79 Å². The summed E-state index contributed by atoms with van der Waals surface area (Å²) in [6.07, 6.45) is 3.40. The van der Waals surface area contributed by atoms with E-state index in [1.807, 2.05) is 25.1 Å². The van der Waals surface area contributed by atoms with E-state index in [1.165, 1.54) is 6.20 Å². The predicted molar refractivity (Wildman–Crippen MR) is 95.6 cm³/mol. The number of nitrogens with zero attached hydrogens (tertiary/aromatic N) is 3. The van der Waals surface area contributed by atoms with E-state index >= 15 is 0 Å². The second-order valence-electron chi connectivity index (χ2n) is 5.96. The Labute approximate surface area is 146 Å². The van der Waals surface area contributed by atoms with Crippen molar-refractivity contribution < 1.29 is 4.79 Å². The summed E-state index contributed by atoms with van der Waals surface area (Å²) < 4.78 is 0. The summed E-state index contributed by atoms with van der Waals surface area (Å²) in [4.78, 5) is 22.1. The van der Waals surface area contributed by atoms with Crippen LogP contribution in [0.25, 0.3) is 0 Å². The molecule has 1 aliphatic rings. The molecule has 7 heteroatoms. The molecule has 0 aliphatic carbocycles. The number of hydrogen-bond donors (Lipinski definition) is 2. The number of rotatable bonds is 4. The summed E-state index contributed by atoms with van der Waals surface area (Å²) in [5, 5.41) is 3.94. The molecule has 1 aliphatic heterocycles. The number of amides is 1. The second-order valence-corrected chi connectivity index (χ2v) is 6.37. The van der Waals surface area contributed by atoms with Crippen LogP contribution in [0, 0.1) is 6.92 Å². The van der Waals surface area contributed by atoms with Crippen LogP contribution >= 0.6 is 11.6 Å². The molecule has 3 heterocycles. The normalized spacial score (nSPS) is 15.3. The van der Waals surface area contributed by atoms with Crippen molar-refractivity contribution in [2.45, 2.75) is 25.8 Å². The zero-order valence-electron chi connectivity index (χ0n) is 13.5. The van der Waals surface area contributed by atoms with Gasteiger partial charge in [0.1, 0.15) is 11.6 Å². The first-order valence-electron chi connectivity index (χ1n) is 7.93. The summed E-state index contributed by atoms with van der Waals surface area (Å²) in [6.45, 7) is 3.66. The monoisotopic (exact) mass is 345 g/mol. The lowest BCUT2D eigenvalue weighted by atomic mass is 10.0. The van der Waals surface area contributed by atoms with E-state index in [0.717, 1.165) is 37.4 Å². The summed E-state index contributed by atoms with van der Waals surface area (Å²) >= 11 is 6.25. The number of aromatic nitrogens is 2. The molecule has 1 saturated heterocycles. The molecule has 0 aromatic carbocycles. The zero-order chi connectivity index (χ0) is 17.1. The van der Waals surface area contributed by atoms with E-state index in [1.54, 1.807) is 6.07 Å². The third-order valence-electron chi connectivity index (χ3n) is 4.14. The van der Waals surface area contributed by atoms with Gasteiger partial charge in [-0.2, -0.15) is 0 Å². The molecule has 1 fully saturated rings. The summed E-state index contributed by atoms with van der Waals surface area (Å²) in [7, 11) is 0. The number of carbonyl (C=O) groups is 1. The molecular formula is C17H20ClN5O. The number of aryl methyl sites for hydroxylation is 1. The average Bonchev–Trinajstić information content (AvgIpc) is 2.55. The first-order valence-corrected chi connectivity index (χ1v) is 8.31. The molecule has 0 bridgehead atoms. The lowest BCUT2D eigenvalue weighted by Gasteiger charge is -2.33. The van der Waals surface area contributed by atoms with E-state index < -0.39 is 5.91 Å². The Morgan fingerprint density at radius 2 is 2.12 bits per heavy atom. The third-order valence-corrected chi connectivity index (χ3v) is 4.42. The molecule has 0 unspecified atom stereocenters. The quantitative estimate of drug-likeness (QED) is 0.889. The van der Waals surface area contributed by atoms with Crippen LogP contribution in [0.15, 0.2) is 30.5 Å². The molecule has 0 saturated carbocycles. The minimum absolute atomic E-state index is 0.325. The van der Waals surface area contributed by atoms with Gasteiger partial charge < -0.3 is 16.0 Å². The number of anilines is 2. The van der Waals surface area contributed by atoms with Gasteiger partial charge in [0.25, 0.3) is 0 Å². The van der Waals surface area contributed by atoms with Crippen molar-refractivity contribution in [3.8, 4) is 0 Å². The second kappa shape index (κ2) is 7.05. The van der Waals surface area contributed by atoms with Crippen LogP contribution in [0.2, 0.25) is 5.02 Å². The fraction of sp³-hybridized carbons (Fsp3) is 0.353. The maximum Gasteiger partial charge on any atom is 0.250 e. The maximum atomic E-state index is 11.2. The topological polar surface area (TPSA) is 84.1 Å². The van der Waals surface area contributed by atoms with Gasteiger partial charge in [-0.15, -0.1) is 0 Å². The highest BCUT2D eigenvalue weighted by Gasteiger charge is 2.22. The van der Waals surface area contributed by atoms with Gasteiger partial charge in [-0.1, -0.05) is 17.7 Å². The number of pyridine rings is 2. The molecule has 126 valence electrons. The molecule has 0 atom stereocenters. The molecule has 3 N–H and O–H groups in total. The number of hydrogen-bond acceptors (Lipinski definition) is 5. The largest absolute Gasteiger partial charge is 0.367 e. The lowest BCUT2D eigenvalue weighted by molar-refractivity contribution is 0.1000. The van der Waals surface area contributed by atoms with Crippen molar-refractivity contribution in [1.82, 2.24) is 9.97 Å². The number of carbonyl (C=O) groups excluding carboxylic acids is 1. The van der Waals surface area contributed by atoms with Crippen molar-refractivity contribution in [2.24, 2.45) is 5.73 Å². The average molecular weight is 346 g/mol. The Bertz CT molecular complexity index is 744. The molecule has 1 amide bonds. The Hall–Kier alpha value is -2.34. The van der Waals surface area contributed by atoms with E-state index in [2.05, 4.69) is 20.2 Å². The van der Waals surface area contributed by atoms with Crippen molar-refractivity contribution >= 4 is 29.1 Å². The number of nitrogens with two attached hydrogens (primary N) is 1. The van der Waals surface area contributed by atoms with Crippen LogP contribution in [0.5, 0.6) is 0 Å². The predicted octanol–water partition coefficient (Wildman–Crippen LogP) is 2.62. The first kappa shape index (κ1) is 16.5. The van der Waals surface area contributed by atoms with Crippen molar-refractivity contribution in [3.05, 3.63) is 46.7 Å². The van der Waals surface area contributed by atoms with Crippen molar-refractivity contribution in [3.63, 3.8) is 0 Å². The number of nitrogens with one attached hydrogen (secondary N) is 1. The van der Waals surface area contributed by atoms with E-state index in [0.29, 0.717) is 22.4 Å². The SMILES string of the molecule is Cc1cccc(NC2CCN(c3ncc(C(N)=O)cc3Cl)CC2)n1. The number of primary amides is 1. The van der Waals surface area contributed by atoms with Crippen LogP contribution in [-0.2, 0) is 0 Å². The molecule has 2 aromatic heterocycles. The van der Waals surface area contributed by atoms with Crippen LogP contribution in [0.1, 0.15) is 28.9 Å². The Balaban J connectivity index is 1.62. The van der Waals surface area contributed by atoms with Crippen molar-refractivity contribution in [1.29, 1.82) is 0 Å². The fourth-order valence-corrected chi connectivity index (χ4v) is 3.15. The number of piperidine rings is 1. The molecule has 0 radical (unpaired) electrons. The van der Waals surface area contributed by atoms with Crippen molar-refractivity contribution in [2.75, 3.05) is 23.3 Å². The van der Waals surface area contributed by atoms with Gasteiger partial charge in [-0.05, 0) is 38.0 Å². The van der Waals surface area contributed by atoms with Crippen LogP contribution in [-0.4, -0.2) is 35.0 Å². The van der Waals surface area contributed by atoms with Gasteiger partial charge >= 0.3 is 0 Å². The highest BCUT2D eigenvalue weighted by Crippen LogP contribution is 2.27. The smallest absolute Gasteiger partial charge is 0.250 e. The van der Waals surface area contributed by atoms with Gasteiger partial charge in [0, 0.05) is 31.0 Å². The van der Waals surface area contributed by atoms with Crippen LogP contribution in [0.4, 0.5) is 11.6 Å². The van der Waals surface area contributed by atoms with Gasteiger partial charge in [-0.3, -0.25) is 4.79 Å². The Kier molecular flexibility index (Phi) is 4.85. The summed E-state index contributed by atoms with van der Waals surface area (Å²) in [6, 6.07) is 7.92. The zero-order valence-corrected chi connectivity index (χ0v) is 14.3.